The molecule has 0 aliphatic heterocycles. The highest BCUT2D eigenvalue weighted by atomic mass is 32.1. The normalized spacial score (nSPS) is 25.6. The van der Waals surface area contributed by atoms with Crippen LogP contribution in [0.25, 0.3) is 0 Å². The summed E-state index contributed by atoms with van der Waals surface area (Å²) >= 11 is 1.35. The Morgan fingerprint density at radius 1 is 1.44 bits per heavy atom. The van der Waals surface area contributed by atoms with Crippen molar-refractivity contribution in [3.63, 3.8) is 0 Å². The van der Waals surface area contributed by atoms with Crippen molar-refractivity contribution in [1.29, 1.82) is 0 Å². The van der Waals surface area contributed by atoms with Crippen LogP contribution >= 0.6 is 11.5 Å². The zero-order valence-corrected chi connectivity index (χ0v) is 10.5. The van der Waals surface area contributed by atoms with E-state index < -0.39 is 0 Å². The van der Waals surface area contributed by atoms with Gasteiger partial charge in [-0.25, -0.2) is 0 Å². The molecule has 1 heterocycles. The van der Waals surface area contributed by atoms with Gasteiger partial charge in [-0.3, -0.25) is 0 Å². The van der Waals surface area contributed by atoms with Crippen molar-refractivity contribution in [3.8, 4) is 5.19 Å². The Kier molecular flexibility index (Phi) is 4.12. The monoisotopic (exact) mass is 241 g/mol. The number of aryl methyl sites for hydroxylation is 1. The van der Waals surface area contributed by atoms with E-state index in [1.165, 1.54) is 24.4 Å². The van der Waals surface area contributed by atoms with Gasteiger partial charge in [0.1, 0.15) is 11.9 Å². The molecule has 16 heavy (non-hydrogen) atoms. The van der Waals surface area contributed by atoms with E-state index in [-0.39, 0.29) is 12.1 Å². The number of nitrogens with two attached hydrogens (primary N) is 1. The Balaban J connectivity index is 1.91. The van der Waals surface area contributed by atoms with Crippen LogP contribution in [-0.2, 0) is 6.42 Å². The summed E-state index contributed by atoms with van der Waals surface area (Å²) < 4.78 is 10.1. The third kappa shape index (κ3) is 2.92. The molecular weight excluding hydrogens is 222 g/mol. The first kappa shape index (κ1) is 11.8. The largest absolute Gasteiger partial charge is 0.464 e. The zero-order valence-electron chi connectivity index (χ0n) is 9.69. The predicted molar refractivity (Wildman–Crippen MR) is 64.8 cm³/mol. The standard InChI is InChI=1S/C11H19N3OS/c1-2-5-10-13-11(16-14-10)15-9-7-4-3-6-8(9)12/h8-9H,2-7,12H2,1H3. The molecule has 0 bridgehead atoms. The van der Waals surface area contributed by atoms with E-state index in [4.69, 9.17) is 10.5 Å². The summed E-state index contributed by atoms with van der Waals surface area (Å²) in [5.74, 6) is 0.895. The number of hydrogen-bond donors (Lipinski definition) is 1. The molecule has 0 spiro atoms. The van der Waals surface area contributed by atoms with Crippen LogP contribution in [0, 0.1) is 0 Å². The van der Waals surface area contributed by atoms with Crippen molar-refractivity contribution in [3.05, 3.63) is 5.82 Å². The molecule has 1 fully saturated rings. The topological polar surface area (TPSA) is 61.0 Å². The Hall–Kier alpha value is -0.680. The van der Waals surface area contributed by atoms with Gasteiger partial charge in [0.25, 0.3) is 5.19 Å². The number of hydrogen-bond acceptors (Lipinski definition) is 5. The van der Waals surface area contributed by atoms with Crippen LogP contribution in [0.2, 0.25) is 0 Å². The smallest absolute Gasteiger partial charge is 0.293 e. The molecule has 1 aliphatic rings. The average Bonchev–Trinajstić information content (AvgIpc) is 2.70. The molecule has 0 amide bonds. The lowest BCUT2D eigenvalue weighted by atomic mass is 9.93. The van der Waals surface area contributed by atoms with E-state index >= 15 is 0 Å². The van der Waals surface area contributed by atoms with E-state index in [0.717, 1.165) is 31.5 Å². The summed E-state index contributed by atoms with van der Waals surface area (Å²) in [5, 5.41) is 0.686. The second-order valence-corrected chi connectivity index (χ2v) is 5.05. The fourth-order valence-electron chi connectivity index (χ4n) is 2.01. The van der Waals surface area contributed by atoms with E-state index in [1.807, 2.05) is 0 Å². The van der Waals surface area contributed by atoms with Crippen LogP contribution in [0.3, 0.4) is 0 Å². The lowest BCUT2D eigenvalue weighted by molar-refractivity contribution is 0.131. The van der Waals surface area contributed by atoms with Gasteiger partial charge >= 0.3 is 0 Å². The average molecular weight is 241 g/mol. The maximum absolute atomic E-state index is 6.02. The minimum Gasteiger partial charge on any atom is -0.464 e. The van der Waals surface area contributed by atoms with Gasteiger partial charge in [0.15, 0.2) is 0 Å². The summed E-state index contributed by atoms with van der Waals surface area (Å²) in [6.45, 7) is 2.12. The minimum absolute atomic E-state index is 0.135. The van der Waals surface area contributed by atoms with Gasteiger partial charge in [-0.1, -0.05) is 13.3 Å². The van der Waals surface area contributed by atoms with Crippen molar-refractivity contribution in [2.45, 2.75) is 57.6 Å². The van der Waals surface area contributed by atoms with Crippen molar-refractivity contribution in [2.24, 2.45) is 5.73 Å². The fraction of sp³-hybridized carbons (Fsp3) is 0.818. The molecular formula is C11H19N3OS. The van der Waals surface area contributed by atoms with Gasteiger partial charge in [0.2, 0.25) is 0 Å². The van der Waals surface area contributed by atoms with Crippen LogP contribution in [0.4, 0.5) is 0 Å². The Morgan fingerprint density at radius 3 is 3.00 bits per heavy atom. The molecule has 0 aromatic carbocycles. The molecule has 5 heteroatoms. The molecule has 0 radical (unpaired) electrons. The molecule has 1 aliphatic carbocycles. The quantitative estimate of drug-likeness (QED) is 0.877. The van der Waals surface area contributed by atoms with Crippen LogP contribution in [0.1, 0.15) is 44.9 Å². The van der Waals surface area contributed by atoms with E-state index in [1.54, 1.807) is 0 Å². The maximum atomic E-state index is 6.02. The zero-order chi connectivity index (χ0) is 11.4. The van der Waals surface area contributed by atoms with Crippen LogP contribution in [0.5, 0.6) is 5.19 Å². The highest BCUT2D eigenvalue weighted by Crippen LogP contribution is 2.24. The summed E-state index contributed by atoms with van der Waals surface area (Å²) in [6, 6.07) is 0.160. The molecule has 0 saturated heterocycles. The van der Waals surface area contributed by atoms with Crippen molar-refractivity contribution < 1.29 is 4.74 Å². The van der Waals surface area contributed by atoms with Crippen LogP contribution in [-0.4, -0.2) is 21.5 Å². The fourth-order valence-corrected chi connectivity index (χ4v) is 2.64. The second kappa shape index (κ2) is 5.59. The molecule has 1 saturated carbocycles. The maximum Gasteiger partial charge on any atom is 0.293 e. The summed E-state index contributed by atoms with van der Waals surface area (Å²) in [4.78, 5) is 4.36. The van der Waals surface area contributed by atoms with Gasteiger partial charge in [-0.2, -0.15) is 9.36 Å². The van der Waals surface area contributed by atoms with Gasteiger partial charge in [0, 0.05) is 24.0 Å². The number of ether oxygens (including phenoxy) is 1. The Bertz CT molecular complexity index is 329. The lowest BCUT2D eigenvalue weighted by Gasteiger charge is -2.27. The first-order chi connectivity index (χ1) is 7.79. The lowest BCUT2D eigenvalue weighted by Crippen LogP contribution is -2.41. The molecule has 90 valence electrons. The number of nitrogens with zero attached hydrogens (tertiary/aromatic N) is 2. The molecule has 4 nitrogen and oxygen atoms in total. The first-order valence-electron chi connectivity index (χ1n) is 6.04. The van der Waals surface area contributed by atoms with E-state index in [0.29, 0.717) is 5.19 Å². The van der Waals surface area contributed by atoms with Gasteiger partial charge < -0.3 is 10.5 Å². The predicted octanol–water partition coefficient (Wildman–Crippen LogP) is 2.14. The second-order valence-electron chi connectivity index (χ2n) is 4.33. The molecule has 1 aromatic heterocycles. The Morgan fingerprint density at radius 2 is 2.25 bits per heavy atom. The number of aromatic nitrogens is 2. The van der Waals surface area contributed by atoms with Crippen LogP contribution in [0.15, 0.2) is 0 Å². The minimum atomic E-state index is 0.135. The van der Waals surface area contributed by atoms with E-state index in [2.05, 4.69) is 16.3 Å². The van der Waals surface area contributed by atoms with Crippen LogP contribution < -0.4 is 10.5 Å². The first-order valence-corrected chi connectivity index (χ1v) is 6.81. The Labute approximate surface area is 100 Å². The highest BCUT2D eigenvalue weighted by molar-refractivity contribution is 7.07. The van der Waals surface area contributed by atoms with Crippen molar-refractivity contribution >= 4 is 11.5 Å². The van der Waals surface area contributed by atoms with Crippen molar-refractivity contribution in [2.75, 3.05) is 0 Å². The molecule has 2 atom stereocenters. The van der Waals surface area contributed by atoms with Gasteiger partial charge in [-0.15, -0.1) is 0 Å². The van der Waals surface area contributed by atoms with E-state index in [9.17, 15) is 0 Å². The summed E-state index contributed by atoms with van der Waals surface area (Å²) in [6.07, 6.45) is 6.67. The highest BCUT2D eigenvalue weighted by Gasteiger charge is 2.24. The third-order valence-electron chi connectivity index (χ3n) is 2.93. The third-order valence-corrected chi connectivity index (χ3v) is 3.57. The summed E-state index contributed by atoms with van der Waals surface area (Å²) in [5.41, 5.74) is 6.02. The van der Waals surface area contributed by atoms with Crippen molar-refractivity contribution in [1.82, 2.24) is 9.36 Å². The van der Waals surface area contributed by atoms with Gasteiger partial charge in [0.05, 0.1) is 0 Å². The molecule has 1 aromatic rings. The molecule has 2 rings (SSSR count). The number of rotatable bonds is 4. The van der Waals surface area contributed by atoms with Gasteiger partial charge in [-0.05, 0) is 25.7 Å². The SMILES string of the molecule is CCCc1nsc(OC2CCCCC2N)n1. The molecule has 2 unspecified atom stereocenters. The summed E-state index contributed by atoms with van der Waals surface area (Å²) in [7, 11) is 0. The molecule has 2 N–H and O–H groups in total.